The van der Waals surface area contributed by atoms with Gasteiger partial charge in [0.25, 0.3) is 0 Å². The molecule has 21 heavy (non-hydrogen) atoms. The van der Waals surface area contributed by atoms with Crippen LogP contribution < -0.4 is 11.1 Å². The molecule has 1 unspecified atom stereocenters. The smallest absolute Gasteiger partial charge is 0.149 e. The van der Waals surface area contributed by atoms with Crippen molar-refractivity contribution in [1.82, 2.24) is 9.88 Å². The van der Waals surface area contributed by atoms with E-state index in [1.165, 1.54) is 5.56 Å². The normalized spacial score (nSPS) is 18.8. The van der Waals surface area contributed by atoms with Gasteiger partial charge < -0.3 is 11.1 Å². The SMILES string of the molecule is Nc1cc(Cl)cnc1NC1CCN(Cc2ccccc2)C1. The van der Waals surface area contributed by atoms with Gasteiger partial charge in [-0.1, -0.05) is 41.9 Å². The Morgan fingerprint density at radius 1 is 1.33 bits per heavy atom. The van der Waals surface area contributed by atoms with E-state index in [2.05, 4.69) is 39.5 Å². The monoisotopic (exact) mass is 302 g/mol. The Balaban J connectivity index is 1.57. The van der Waals surface area contributed by atoms with Crippen LogP contribution in [0.1, 0.15) is 12.0 Å². The minimum atomic E-state index is 0.379. The molecule has 0 spiro atoms. The van der Waals surface area contributed by atoms with Gasteiger partial charge in [0, 0.05) is 31.9 Å². The first-order valence-corrected chi connectivity index (χ1v) is 7.52. The van der Waals surface area contributed by atoms with E-state index >= 15 is 0 Å². The average molecular weight is 303 g/mol. The Morgan fingerprint density at radius 2 is 2.14 bits per heavy atom. The van der Waals surface area contributed by atoms with E-state index < -0.39 is 0 Å². The summed E-state index contributed by atoms with van der Waals surface area (Å²) in [7, 11) is 0. The number of pyridine rings is 1. The molecular weight excluding hydrogens is 284 g/mol. The van der Waals surface area contributed by atoms with Gasteiger partial charge in [-0.15, -0.1) is 0 Å². The predicted molar refractivity (Wildman–Crippen MR) is 87.4 cm³/mol. The lowest BCUT2D eigenvalue weighted by atomic mass is 10.2. The molecule has 1 aromatic carbocycles. The van der Waals surface area contributed by atoms with E-state index in [4.69, 9.17) is 17.3 Å². The van der Waals surface area contributed by atoms with Gasteiger partial charge in [0.05, 0.1) is 10.7 Å². The molecule has 2 aromatic rings. The van der Waals surface area contributed by atoms with Crippen molar-refractivity contribution in [3.63, 3.8) is 0 Å². The lowest BCUT2D eigenvalue weighted by molar-refractivity contribution is 0.328. The number of hydrogen-bond acceptors (Lipinski definition) is 4. The lowest BCUT2D eigenvalue weighted by Gasteiger charge is -2.17. The van der Waals surface area contributed by atoms with Gasteiger partial charge in [0.2, 0.25) is 0 Å². The van der Waals surface area contributed by atoms with Crippen LogP contribution in [0.4, 0.5) is 11.5 Å². The second-order valence-electron chi connectivity index (χ2n) is 5.44. The maximum Gasteiger partial charge on any atom is 0.149 e. The number of aromatic nitrogens is 1. The van der Waals surface area contributed by atoms with Crippen molar-refractivity contribution in [3.05, 3.63) is 53.2 Å². The van der Waals surface area contributed by atoms with Crippen LogP contribution in [0.3, 0.4) is 0 Å². The van der Waals surface area contributed by atoms with Gasteiger partial charge in [-0.05, 0) is 18.1 Å². The molecule has 0 aliphatic carbocycles. The van der Waals surface area contributed by atoms with E-state index in [0.717, 1.165) is 31.9 Å². The zero-order valence-corrected chi connectivity index (χ0v) is 12.6. The third-order valence-corrected chi connectivity index (χ3v) is 3.95. The summed E-state index contributed by atoms with van der Waals surface area (Å²) in [6.07, 6.45) is 2.72. The fourth-order valence-corrected chi connectivity index (χ4v) is 2.87. The molecule has 5 heteroatoms. The van der Waals surface area contributed by atoms with Gasteiger partial charge in [-0.25, -0.2) is 4.98 Å². The van der Waals surface area contributed by atoms with Crippen LogP contribution in [0.5, 0.6) is 0 Å². The topological polar surface area (TPSA) is 54.2 Å². The molecule has 1 aliphatic heterocycles. The Hall–Kier alpha value is -1.78. The number of rotatable bonds is 4. The van der Waals surface area contributed by atoms with Crippen LogP contribution in [-0.2, 0) is 6.54 Å². The third-order valence-electron chi connectivity index (χ3n) is 3.75. The number of nitrogens with one attached hydrogen (secondary N) is 1. The van der Waals surface area contributed by atoms with Crippen LogP contribution in [0.15, 0.2) is 42.6 Å². The summed E-state index contributed by atoms with van der Waals surface area (Å²) in [6.45, 7) is 3.07. The highest BCUT2D eigenvalue weighted by Crippen LogP contribution is 2.23. The summed E-state index contributed by atoms with van der Waals surface area (Å²) in [6, 6.07) is 12.7. The first-order chi connectivity index (χ1) is 10.2. The fourth-order valence-electron chi connectivity index (χ4n) is 2.70. The largest absolute Gasteiger partial charge is 0.396 e. The number of nitrogen functional groups attached to an aromatic ring is 1. The number of anilines is 2. The molecule has 0 saturated carbocycles. The Morgan fingerprint density at radius 3 is 2.90 bits per heavy atom. The highest BCUT2D eigenvalue weighted by molar-refractivity contribution is 6.30. The summed E-state index contributed by atoms with van der Waals surface area (Å²) in [5.41, 5.74) is 7.88. The Bertz CT molecular complexity index is 602. The van der Waals surface area contributed by atoms with E-state index in [1.54, 1.807) is 12.3 Å². The molecule has 2 heterocycles. The van der Waals surface area contributed by atoms with Crippen LogP contribution in [-0.4, -0.2) is 29.0 Å². The Kier molecular flexibility index (Phi) is 4.27. The summed E-state index contributed by atoms with van der Waals surface area (Å²) in [5, 5.41) is 3.98. The molecule has 3 N–H and O–H groups in total. The molecule has 0 amide bonds. The van der Waals surface area contributed by atoms with Gasteiger partial charge in [-0.2, -0.15) is 0 Å². The molecule has 1 aliphatic rings. The van der Waals surface area contributed by atoms with Gasteiger partial charge >= 0.3 is 0 Å². The standard InChI is InChI=1S/C16H19ClN4/c17-13-8-15(18)16(19-9-13)20-14-6-7-21(11-14)10-12-4-2-1-3-5-12/h1-5,8-9,14H,6-7,10-11,18H2,(H,19,20). The summed E-state index contributed by atoms with van der Waals surface area (Å²) >= 11 is 5.87. The van der Waals surface area contributed by atoms with Crippen molar-refractivity contribution in [1.29, 1.82) is 0 Å². The van der Waals surface area contributed by atoms with Gasteiger partial charge in [0.15, 0.2) is 0 Å². The Labute approximate surface area is 129 Å². The van der Waals surface area contributed by atoms with Crippen molar-refractivity contribution in [2.45, 2.75) is 19.0 Å². The van der Waals surface area contributed by atoms with Crippen molar-refractivity contribution >= 4 is 23.1 Å². The van der Waals surface area contributed by atoms with E-state index in [0.29, 0.717) is 16.8 Å². The number of nitrogens with zero attached hydrogens (tertiary/aromatic N) is 2. The summed E-state index contributed by atoms with van der Waals surface area (Å²) < 4.78 is 0. The number of nitrogens with two attached hydrogens (primary N) is 1. The molecule has 0 bridgehead atoms. The van der Waals surface area contributed by atoms with Crippen LogP contribution in [0.2, 0.25) is 5.02 Å². The average Bonchev–Trinajstić information content (AvgIpc) is 2.90. The molecule has 0 radical (unpaired) electrons. The minimum absolute atomic E-state index is 0.379. The van der Waals surface area contributed by atoms with Gasteiger partial charge in [-0.3, -0.25) is 4.90 Å². The van der Waals surface area contributed by atoms with Gasteiger partial charge in [0.1, 0.15) is 5.82 Å². The van der Waals surface area contributed by atoms with Crippen molar-refractivity contribution in [2.24, 2.45) is 0 Å². The van der Waals surface area contributed by atoms with Crippen LogP contribution in [0, 0.1) is 0 Å². The number of benzene rings is 1. The highest BCUT2D eigenvalue weighted by Gasteiger charge is 2.23. The molecule has 1 fully saturated rings. The number of halogens is 1. The fraction of sp³-hybridized carbons (Fsp3) is 0.312. The van der Waals surface area contributed by atoms with Crippen LogP contribution in [0.25, 0.3) is 0 Å². The molecule has 3 rings (SSSR count). The zero-order chi connectivity index (χ0) is 14.7. The van der Waals surface area contributed by atoms with Crippen molar-refractivity contribution in [2.75, 3.05) is 24.1 Å². The maximum absolute atomic E-state index is 5.93. The molecular formula is C16H19ClN4. The summed E-state index contributed by atoms with van der Waals surface area (Å²) in [5.74, 6) is 0.728. The zero-order valence-electron chi connectivity index (χ0n) is 11.8. The predicted octanol–water partition coefficient (Wildman–Crippen LogP) is 3.00. The van der Waals surface area contributed by atoms with Crippen LogP contribution >= 0.6 is 11.6 Å². The molecule has 1 saturated heterocycles. The third kappa shape index (κ3) is 3.65. The molecule has 1 aromatic heterocycles. The number of likely N-dealkylation sites (tertiary alicyclic amines) is 1. The van der Waals surface area contributed by atoms with E-state index in [9.17, 15) is 0 Å². The van der Waals surface area contributed by atoms with E-state index in [-0.39, 0.29) is 0 Å². The van der Waals surface area contributed by atoms with Crippen molar-refractivity contribution in [3.8, 4) is 0 Å². The maximum atomic E-state index is 5.93. The molecule has 1 atom stereocenters. The highest BCUT2D eigenvalue weighted by atomic mass is 35.5. The molecule has 4 nitrogen and oxygen atoms in total. The second kappa shape index (κ2) is 6.33. The number of hydrogen-bond donors (Lipinski definition) is 2. The molecule has 110 valence electrons. The van der Waals surface area contributed by atoms with Crippen molar-refractivity contribution < 1.29 is 0 Å². The summed E-state index contributed by atoms with van der Waals surface area (Å²) in [4.78, 5) is 6.71. The van der Waals surface area contributed by atoms with E-state index in [1.807, 2.05) is 6.07 Å². The quantitative estimate of drug-likeness (QED) is 0.911. The first-order valence-electron chi connectivity index (χ1n) is 7.14. The first kappa shape index (κ1) is 14.2. The lowest BCUT2D eigenvalue weighted by Crippen LogP contribution is -2.26. The minimum Gasteiger partial charge on any atom is -0.396 e. The second-order valence-corrected chi connectivity index (χ2v) is 5.88.